The Morgan fingerprint density at radius 1 is 1.10 bits per heavy atom. The molecule has 2 rings (SSSR count). The van der Waals surface area contributed by atoms with Crippen LogP contribution < -0.4 is 14.2 Å². The van der Waals surface area contributed by atoms with E-state index < -0.39 is 0 Å². The molecule has 0 aliphatic heterocycles. The molecule has 5 heteroatoms. The van der Waals surface area contributed by atoms with Crippen LogP contribution in [0.3, 0.4) is 0 Å². The van der Waals surface area contributed by atoms with Gasteiger partial charge in [0.2, 0.25) is 5.88 Å². The molecule has 0 fully saturated rings. The van der Waals surface area contributed by atoms with E-state index in [0.29, 0.717) is 29.5 Å². The normalized spacial score (nSPS) is 10.2. The zero-order valence-electron chi connectivity index (χ0n) is 11.5. The van der Waals surface area contributed by atoms with Gasteiger partial charge in [-0.25, -0.2) is 4.98 Å². The van der Waals surface area contributed by atoms with Gasteiger partial charge in [0.05, 0.1) is 26.4 Å². The van der Waals surface area contributed by atoms with Crippen LogP contribution in [0.1, 0.15) is 11.1 Å². The smallest absolute Gasteiger partial charge is 0.219 e. The highest BCUT2D eigenvalue weighted by Gasteiger charge is 2.08. The quantitative estimate of drug-likeness (QED) is 0.875. The maximum atomic E-state index is 9.32. The number of ether oxygens (including phenoxy) is 3. The first-order chi connectivity index (χ1) is 9.78. The number of methoxy groups -OCH3 is 2. The minimum Gasteiger partial charge on any atom is -0.497 e. The number of aromatic nitrogens is 1. The zero-order valence-corrected chi connectivity index (χ0v) is 11.5. The van der Waals surface area contributed by atoms with E-state index in [4.69, 9.17) is 14.2 Å². The summed E-state index contributed by atoms with van der Waals surface area (Å²) in [4.78, 5) is 4.11. The van der Waals surface area contributed by atoms with Gasteiger partial charge in [-0.05, 0) is 24.3 Å². The molecule has 1 aromatic carbocycles. The Hall–Kier alpha value is -2.27. The van der Waals surface area contributed by atoms with Gasteiger partial charge in [-0.15, -0.1) is 0 Å². The topological polar surface area (TPSA) is 60.8 Å². The van der Waals surface area contributed by atoms with Crippen LogP contribution in [-0.2, 0) is 13.2 Å². The average Bonchev–Trinajstić information content (AvgIpc) is 2.52. The van der Waals surface area contributed by atoms with Crippen LogP contribution in [0.25, 0.3) is 0 Å². The molecule has 0 saturated heterocycles. The Balaban J connectivity index is 2.17. The largest absolute Gasteiger partial charge is 0.497 e. The lowest BCUT2D eigenvalue weighted by atomic mass is 10.2. The van der Waals surface area contributed by atoms with Gasteiger partial charge in [0.15, 0.2) is 0 Å². The van der Waals surface area contributed by atoms with Gasteiger partial charge in [0, 0.05) is 17.8 Å². The van der Waals surface area contributed by atoms with E-state index in [0.717, 1.165) is 5.56 Å². The van der Waals surface area contributed by atoms with Crippen molar-refractivity contribution in [1.82, 2.24) is 4.98 Å². The molecule has 0 spiro atoms. The fourth-order valence-electron chi connectivity index (χ4n) is 1.80. The molecular weight excluding hydrogens is 258 g/mol. The molecule has 1 heterocycles. The van der Waals surface area contributed by atoms with Gasteiger partial charge in [-0.3, -0.25) is 0 Å². The third kappa shape index (κ3) is 3.19. The first-order valence-electron chi connectivity index (χ1n) is 6.17. The molecule has 2 aromatic rings. The predicted octanol–water partition coefficient (Wildman–Crippen LogP) is 2.17. The maximum Gasteiger partial charge on any atom is 0.219 e. The number of aliphatic hydroxyl groups excluding tert-OH is 1. The van der Waals surface area contributed by atoms with Crippen molar-refractivity contribution in [3.05, 3.63) is 47.7 Å². The third-order valence-electron chi connectivity index (χ3n) is 2.87. The molecule has 0 radical (unpaired) electrons. The highest BCUT2D eigenvalue weighted by atomic mass is 16.5. The molecule has 0 atom stereocenters. The second-order valence-corrected chi connectivity index (χ2v) is 4.09. The molecule has 106 valence electrons. The Labute approximate surface area is 117 Å². The van der Waals surface area contributed by atoms with E-state index in [2.05, 4.69) is 4.98 Å². The first kappa shape index (κ1) is 14.1. The van der Waals surface area contributed by atoms with Gasteiger partial charge >= 0.3 is 0 Å². The van der Waals surface area contributed by atoms with Gasteiger partial charge in [0.25, 0.3) is 0 Å². The fourth-order valence-corrected chi connectivity index (χ4v) is 1.80. The van der Waals surface area contributed by atoms with E-state index in [1.54, 1.807) is 38.6 Å². The summed E-state index contributed by atoms with van der Waals surface area (Å²) >= 11 is 0. The third-order valence-corrected chi connectivity index (χ3v) is 2.87. The molecule has 0 aliphatic carbocycles. The van der Waals surface area contributed by atoms with Crippen molar-refractivity contribution in [2.45, 2.75) is 13.2 Å². The number of rotatable bonds is 6. The summed E-state index contributed by atoms with van der Waals surface area (Å²) in [7, 11) is 3.15. The lowest BCUT2D eigenvalue weighted by Crippen LogP contribution is -2.02. The first-order valence-corrected chi connectivity index (χ1v) is 6.17. The van der Waals surface area contributed by atoms with Crippen molar-refractivity contribution in [2.75, 3.05) is 14.2 Å². The highest BCUT2D eigenvalue weighted by molar-refractivity contribution is 5.40. The van der Waals surface area contributed by atoms with E-state index in [-0.39, 0.29) is 6.61 Å². The maximum absolute atomic E-state index is 9.32. The van der Waals surface area contributed by atoms with Crippen molar-refractivity contribution < 1.29 is 19.3 Å². The van der Waals surface area contributed by atoms with Crippen LogP contribution >= 0.6 is 0 Å². The summed E-state index contributed by atoms with van der Waals surface area (Å²) in [6.45, 7) is 0.209. The summed E-state index contributed by atoms with van der Waals surface area (Å²) in [6, 6.07) is 9.00. The average molecular weight is 275 g/mol. The van der Waals surface area contributed by atoms with Gasteiger partial charge in [-0.1, -0.05) is 0 Å². The fraction of sp³-hybridized carbons (Fsp3) is 0.267. The van der Waals surface area contributed by atoms with Crippen molar-refractivity contribution in [2.24, 2.45) is 0 Å². The summed E-state index contributed by atoms with van der Waals surface area (Å²) in [5, 5.41) is 9.32. The summed E-state index contributed by atoms with van der Waals surface area (Å²) in [6.07, 6.45) is 1.66. The Kier molecular flexibility index (Phi) is 4.79. The Morgan fingerprint density at radius 2 is 1.95 bits per heavy atom. The molecule has 0 amide bonds. The van der Waals surface area contributed by atoms with Gasteiger partial charge < -0.3 is 19.3 Å². The van der Waals surface area contributed by atoms with E-state index in [1.165, 1.54) is 0 Å². The second kappa shape index (κ2) is 6.77. The number of aliphatic hydroxyl groups is 1. The Bertz CT molecular complexity index is 572. The summed E-state index contributed by atoms with van der Waals surface area (Å²) in [5.74, 6) is 1.79. The molecule has 20 heavy (non-hydrogen) atoms. The molecule has 1 N–H and O–H groups in total. The van der Waals surface area contributed by atoms with Crippen LogP contribution in [0, 0.1) is 0 Å². The number of benzene rings is 1. The standard InChI is InChI=1S/C15H17NO4/c1-18-13-6-5-11(9-17)14(8-13)20-10-12-4-3-7-16-15(12)19-2/h3-8,17H,9-10H2,1-2H3. The van der Waals surface area contributed by atoms with Crippen LogP contribution in [0.2, 0.25) is 0 Å². The van der Waals surface area contributed by atoms with Crippen LogP contribution in [0.5, 0.6) is 17.4 Å². The number of hydrogen-bond acceptors (Lipinski definition) is 5. The number of hydrogen-bond donors (Lipinski definition) is 1. The molecular formula is C15H17NO4. The van der Waals surface area contributed by atoms with E-state index >= 15 is 0 Å². The molecule has 0 saturated carbocycles. The SMILES string of the molecule is COc1ccc(CO)c(OCc2cccnc2OC)c1. The molecule has 0 bridgehead atoms. The minimum atomic E-state index is -0.0937. The lowest BCUT2D eigenvalue weighted by Gasteiger charge is -2.13. The number of pyridine rings is 1. The molecule has 0 unspecified atom stereocenters. The lowest BCUT2D eigenvalue weighted by molar-refractivity contribution is 0.255. The van der Waals surface area contributed by atoms with Crippen molar-refractivity contribution in [3.63, 3.8) is 0 Å². The van der Waals surface area contributed by atoms with Crippen LogP contribution in [0.15, 0.2) is 36.5 Å². The summed E-state index contributed by atoms with van der Waals surface area (Å²) < 4.78 is 16.1. The minimum absolute atomic E-state index is 0.0937. The van der Waals surface area contributed by atoms with E-state index in [9.17, 15) is 5.11 Å². The van der Waals surface area contributed by atoms with Crippen LogP contribution in [0.4, 0.5) is 0 Å². The van der Waals surface area contributed by atoms with E-state index in [1.807, 2.05) is 12.1 Å². The van der Waals surface area contributed by atoms with Gasteiger partial charge in [0.1, 0.15) is 18.1 Å². The number of nitrogens with zero attached hydrogens (tertiary/aromatic N) is 1. The van der Waals surface area contributed by atoms with Crippen molar-refractivity contribution >= 4 is 0 Å². The molecule has 0 aliphatic rings. The highest BCUT2D eigenvalue weighted by Crippen LogP contribution is 2.26. The van der Waals surface area contributed by atoms with Crippen LogP contribution in [-0.4, -0.2) is 24.3 Å². The second-order valence-electron chi connectivity index (χ2n) is 4.09. The molecule has 5 nitrogen and oxygen atoms in total. The van der Waals surface area contributed by atoms with Gasteiger partial charge in [-0.2, -0.15) is 0 Å². The van der Waals surface area contributed by atoms with Crippen molar-refractivity contribution in [1.29, 1.82) is 0 Å². The van der Waals surface area contributed by atoms with Crippen molar-refractivity contribution in [3.8, 4) is 17.4 Å². The molecule has 1 aromatic heterocycles. The Morgan fingerprint density at radius 3 is 2.65 bits per heavy atom. The monoisotopic (exact) mass is 275 g/mol. The summed E-state index contributed by atoms with van der Waals surface area (Å²) in [5.41, 5.74) is 1.54. The zero-order chi connectivity index (χ0) is 14.4. The predicted molar refractivity (Wildman–Crippen MR) is 74.0 cm³/mol.